The number of hydrogen-bond acceptors (Lipinski definition) is 3. The Morgan fingerprint density at radius 1 is 1.21 bits per heavy atom. The average molecular weight is 292 g/mol. The van der Waals surface area contributed by atoms with Crippen LogP contribution in [-0.2, 0) is 6.42 Å². The Labute approximate surface area is 121 Å². The topological polar surface area (TPSA) is 21.3 Å². The number of aryl methyl sites for hydroxylation is 1. The molecule has 0 saturated heterocycles. The highest BCUT2D eigenvalue weighted by atomic mass is 35.5. The standard InChI is InChI=1S/C15H14ClNOS/c16-15-7-10-11(5-6-14(10)19-15)17-12-8-18-13-4-2-1-3-9(12)13/h1-4,7,11-12,17H,5-6,8H2. The molecule has 1 aliphatic carbocycles. The molecule has 4 heteroatoms. The highest BCUT2D eigenvalue weighted by Gasteiger charge is 2.30. The number of para-hydroxylation sites is 1. The molecule has 1 aromatic carbocycles. The molecule has 0 radical (unpaired) electrons. The smallest absolute Gasteiger partial charge is 0.124 e. The molecular formula is C15H14ClNOS. The van der Waals surface area contributed by atoms with Crippen LogP contribution < -0.4 is 10.1 Å². The van der Waals surface area contributed by atoms with E-state index >= 15 is 0 Å². The van der Waals surface area contributed by atoms with Gasteiger partial charge in [-0.1, -0.05) is 29.8 Å². The minimum absolute atomic E-state index is 0.297. The second-order valence-corrected chi connectivity index (χ2v) is 6.86. The van der Waals surface area contributed by atoms with Crippen LogP contribution in [-0.4, -0.2) is 6.61 Å². The van der Waals surface area contributed by atoms with Gasteiger partial charge in [0.15, 0.2) is 0 Å². The molecule has 2 aliphatic rings. The minimum atomic E-state index is 0.297. The molecule has 1 N–H and O–H groups in total. The summed E-state index contributed by atoms with van der Waals surface area (Å²) in [7, 11) is 0. The van der Waals surface area contributed by atoms with Gasteiger partial charge in [-0.25, -0.2) is 0 Å². The lowest BCUT2D eigenvalue weighted by Gasteiger charge is -2.18. The van der Waals surface area contributed by atoms with Gasteiger partial charge >= 0.3 is 0 Å². The van der Waals surface area contributed by atoms with Crippen molar-refractivity contribution in [3.63, 3.8) is 0 Å². The SMILES string of the molecule is Clc1cc2c(s1)CCC2NC1COc2ccccc21. The van der Waals surface area contributed by atoms with Crippen LogP contribution in [0.4, 0.5) is 0 Å². The third kappa shape index (κ3) is 1.97. The normalized spacial score (nSPS) is 24.1. The summed E-state index contributed by atoms with van der Waals surface area (Å²) in [5.41, 5.74) is 2.66. The molecule has 98 valence electrons. The first-order valence-electron chi connectivity index (χ1n) is 6.57. The van der Waals surface area contributed by atoms with Gasteiger partial charge in [-0.3, -0.25) is 0 Å². The van der Waals surface area contributed by atoms with Gasteiger partial charge in [0, 0.05) is 16.5 Å². The molecule has 0 bridgehead atoms. The van der Waals surface area contributed by atoms with E-state index in [9.17, 15) is 0 Å². The zero-order chi connectivity index (χ0) is 12.8. The number of thiophene rings is 1. The number of rotatable bonds is 2. The first-order chi connectivity index (χ1) is 9.31. The van der Waals surface area contributed by atoms with Gasteiger partial charge in [0.1, 0.15) is 12.4 Å². The second kappa shape index (κ2) is 4.51. The highest BCUT2D eigenvalue weighted by molar-refractivity contribution is 7.16. The quantitative estimate of drug-likeness (QED) is 0.899. The summed E-state index contributed by atoms with van der Waals surface area (Å²) in [6.45, 7) is 0.725. The van der Waals surface area contributed by atoms with Crippen LogP contribution >= 0.6 is 22.9 Å². The monoisotopic (exact) mass is 291 g/mol. The fourth-order valence-corrected chi connectivity index (χ4v) is 4.40. The molecule has 1 aromatic heterocycles. The number of nitrogens with one attached hydrogen (secondary N) is 1. The number of hydrogen-bond donors (Lipinski definition) is 1. The van der Waals surface area contributed by atoms with Crippen molar-refractivity contribution in [2.24, 2.45) is 0 Å². The Morgan fingerprint density at radius 2 is 2.11 bits per heavy atom. The van der Waals surface area contributed by atoms with Crippen LogP contribution in [0, 0.1) is 0 Å². The van der Waals surface area contributed by atoms with E-state index in [-0.39, 0.29) is 0 Å². The maximum atomic E-state index is 6.11. The molecule has 2 unspecified atom stereocenters. The number of ether oxygens (including phenoxy) is 1. The van der Waals surface area contributed by atoms with Crippen molar-refractivity contribution in [2.75, 3.05) is 6.61 Å². The molecule has 2 heterocycles. The molecule has 0 saturated carbocycles. The summed E-state index contributed by atoms with van der Waals surface area (Å²) in [5.74, 6) is 1.02. The summed E-state index contributed by atoms with van der Waals surface area (Å²) in [5, 5.41) is 3.73. The van der Waals surface area contributed by atoms with E-state index in [1.807, 2.05) is 12.1 Å². The van der Waals surface area contributed by atoms with Crippen molar-refractivity contribution in [2.45, 2.75) is 24.9 Å². The third-order valence-electron chi connectivity index (χ3n) is 3.95. The summed E-state index contributed by atoms with van der Waals surface area (Å²) in [4.78, 5) is 1.44. The van der Waals surface area contributed by atoms with Gasteiger partial charge in [-0.15, -0.1) is 11.3 Å². The zero-order valence-corrected chi connectivity index (χ0v) is 11.9. The van der Waals surface area contributed by atoms with Crippen LogP contribution in [0.2, 0.25) is 4.34 Å². The molecule has 0 fully saturated rings. The lowest BCUT2D eigenvalue weighted by atomic mass is 10.1. The Morgan fingerprint density at radius 3 is 3.05 bits per heavy atom. The van der Waals surface area contributed by atoms with Gasteiger partial charge in [0.25, 0.3) is 0 Å². The molecule has 0 amide bonds. The van der Waals surface area contributed by atoms with E-state index in [1.54, 1.807) is 11.3 Å². The molecule has 2 atom stereocenters. The van der Waals surface area contributed by atoms with E-state index in [4.69, 9.17) is 16.3 Å². The molecule has 2 nitrogen and oxygen atoms in total. The molecule has 2 aromatic rings. The van der Waals surface area contributed by atoms with Gasteiger partial charge in [-0.05, 0) is 30.5 Å². The highest BCUT2D eigenvalue weighted by Crippen LogP contribution is 2.41. The number of benzene rings is 1. The van der Waals surface area contributed by atoms with Gasteiger partial charge in [-0.2, -0.15) is 0 Å². The fraction of sp³-hybridized carbons (Fsp3) is 0.333. The molecular weight excluding hydrogens is 278 g/mol. The van der Waals surface area contributed by atoms with E-state index in [2.05, 4.69) is 23.5 Å². The van der Waals surface area contributed by atoms with Crippen molar-refractivity contribution in [3.8, 4) is 5.75 Å². The number of fused-ring (bicyclic) bond motifs is 2. The van der Waals surface area contributed by atoms with Crippen LogP contribution in [0.25, 0.3) is 0 Å². The van der Waals surface area contributed by atoms with Crippen molar-refractivity contribution >= 4 is 22.9 Å². The van der Waals surface area contributed by atoms with Crippen molar-refractivity contribution < 1.29 is 4.74 Å². The average Bonchev–Trinajstić information content (AvgIpc) is 3.07. The predicted molar refractivity (Wildman–Crippen MR) is 78.2 cm³/mol. The van der Waals surface area contributed by atoms with E-state index in [0.717, 1.165) is 29.5 Å². The lowest BCUT2D eigenvalue weighted by molar-refractivity contribution is 0.297. The summed E-state index contributed by atoms with van der Waals surface area (Å²) in [6, 6.07) is 11.1. The minimum Gasteiger partial charge on any atom is -0.491 e. The zero-order valence-electron chi connectivity index (χ0n) is 10.4. The van der Waals surface area contributed by atoms with E-state index in [0.29, 0.717) is 12.1 Å². The van der Waals surface area contributed by atoms with Crippen LogP contribution in [0.3, 0.4) is 0 Å². The van der Waals surface area contributed by atoms with Crippen molar-refractivity contribution in [1.82, 2.24) is 5.32 Å². The Kier molecular flexibility index (Phi) is 2.79. The molecule has 19 heavy (non-hydrogen) atoms. The Bertz CT molecular complexity index is 624. The van der Waals surface area contributed by atoms with Gasteiger partial charge < -0.3 is 10.1 Å². The third-order valence-corrected chi connectivity index (χ3v) is 5.29. The molecule has 4 rings (SSSR count). The molecule has 1 aliphatic heterocycles. The largest absolute Gasteiger partial charge is 0.491 e. The molecule has 0 spiro atoms. The first kappa shape index (κ1) is 11.8. The Hall–Kier alpha value is -1.03. The second-order valence-electron chi connectivity index (χ2n) is 5.09. The van der Waals surface area contributed by atoms with Gasteiger partial charge in [0.2, 0.25) is 0 Å². The first-order valence-corrected chi connectivity index (χ1v) is 7.76. The van der Waals surface area contributed by atoms with E-state index in [1.165, 1.54) is 16.0 Å². The summed E-state index contributed by atoms with van der Waals surface area (Å²) < 4.78 is 6.63. The lowest BCUT2D eigenvalue weighted by Crippen LogP contribution is -2.26. The number of halogens is 1. The fourth-order valence-electron chi connectivity index (χ4n) is 3.05. The van der Waals surface area contributed by atoms with Crippen LogP contribution in [0.15, 0.2) is 30.3 Å². The van der Waals surface area contributed by atoms with E-state index < -0.39 is 0 Å². The van der Waals surface area contributed by atoms with Crippen molar-refractivity contribution in [3.05, 3.63) is 50.7 Å². The van der Waals surface area contributed by atoms with Crippen molar-refractivity contribution in [1.29, 1.82) is 0 Å². The maximum Gasteiger partial charge on any atom is 0.124 e. The van der Waals surface area contributed by atoms with Gasteiger partial charge in [0.05, 0.1) is 10.4 Å². The maximum absolute atomic E-state index is 6.11. The van der Waals surface area contributed by atoms with Crippen LogP contribution in [0.5, 0.6) is 5.75 Å². The summed E-state index contributed by atoms with van der Waals surface area (Å²) >= 11 is 7.83. The summed E-state index contributed by atoms with van der Waals surface area (Å²) in [6.07, 6.45) is 2.30. The Balaban J connectivity index is 1.58. The predicted octanol–water partition coefficient (Wildman–Crippen LogP) is 4.11. The van der Waals surface area contributed by atoms with Crippen LogP contribution in [0.1, 0.15) is 34.5 Å².